The van der Waals surface area contributed by atoms with E-state index in [4.69, 9.17) is 4.74 Å². The van der Waals surface area contributed by atoms with Crippen LogP contribution in [-0.2, 0) is 0 Å². The van der Waals surface area contributed by atoms with Crippen LogP contribution in [0.3, 0.4) is 0 Å². The van der Waals surface area contributed by atoms with E-state index in [2.05, 4.69) is 15.1 Å². The quantitative estimate of drug-likeness (QED) is 0.506. The molecule has 2 aromatic carbocycles. The molecule has 0 fully saturated rings. The molecule has 30 heavy (non-hydrogen) atoms. The lowest BCUT2D eigenvalue weighted by Crippen LogP contribution is -2.30. The molecule has 4 rings (SSSR count). The van der Waals surface area contributed by atoms with Gasteiger partial charge in [-0.3, -0.25) is 9.78 Å². The number of aryl methyl sites for hydroxylation is 1. The van der Waals surface area contributed by atoms with Crippen molar-refractivity contribution >= 4 is 16.8 Å². The van der Waals surface area contributed by atoms with Crippen LogP contribution in [0.25, 0.3) is 16.6 Å². The first-order valence-corrected chi connectivity index (χ1v) is 9.65. The third-order valence-electron chi connectivity index (χ3n) is 5.40. The molecule has 0 aliphatic heterocycles. The highest BCUT2D eigenvalue weighted by atomic mass is 16.5. The zero-order valence-corrected chi connectivity index (χ0v) is 17.4. The summed E-state index contributed by atoms with van der Waals surface area (Å²) >= 11 is 0. The number of amides is 1. The lowest BCUT2D eigenvalue weighted by Gasteiger charge is -2.26. The number of rotatable bonds is 5. The second-order valence-corrected chi connectivity index (χ2v) is 7.20. The van der Waals surface area contributed by atoms with Crippen LogP contribution in [0.5, 0.6) is 5.75 Å². The van der Waals surface area contributed by atoms with Gasteiger partial charge < -0.3 is 9.64 Å². The van der Waals surface area contributed by atoms with E-state index in [9.17, 15) is 4.79 Å². The van der Waals surface area contributed by atoms with Crippen molar-refractivity contribution in [2.75, 3.05) is 14.2 Å². The van der Waals surface area contributed by atoms with Gasteiger partial charge in [-0.1, -0.05) is 12.1 Å². The van der Waals surface area contributed by atoms with Crippen LogP contribution < -0.4 is 4.74 Å². The highest BCUT2D eigenvalue weighted by molar-refractivity contribution is 5.99. The summed E-state index contributed by atoms with van der Waals surface area (Å²) in [5.74, 6) is 0.665. The second-order valence-electron chi connectivity index (χ2n) is 7.20. The third kappa shape index (κ3) is 3.61. The van der Waals surface area contributed by atoms with Gasteiger partial charge in [0, 0.05) is 12.4 Å². The Kier molecular flexibility index (Phi) is 5.18. The molecule has 0 aliphatic rings. The molecule has 0 saturated carbocycles. The van der Waals surface area contributed by atoms with Gasteiger partial charge in [-0.2, -0.15) is 5.10 Å². The highest BCUT2D eigenvalue weighted by Crippen LogP contribution is 2.26. The summed E-state index contributed by atoms with van der Waals surface area (Å²) in [6, 6.07) is 15.4. The maximum Gasteiger partial charge on any atom is 0.255 e. The molecule has 1 atom stereocenters. The highest BCUT2D eigenvalue weighted by Gasteiger charge is 2.21. The Labute approximate surface area is 174 Å². The monoisotopic (exact) mass is 401 g/mol. The van der Waals surface area contributed by atoms with Gasteiger partial charge in [0.05, 0.1) is 35.6 Å². The molecule has 7 nitrogen and oxygen atoms in total. The topological polar surface area (TPSA) is 73.1 Å². The van der Waals surface area contributed by atoms with Gasteiger partial charge in [0.2, 0.25) is 0 Å². The van der Waals surface area contributed by atoms with Crippen LogP contribution in [0.1, 0.15) is 34.6 Å². The number of hydrogen-bond acceptors (Lipinski definition) is 5. The SMILES string of the molecule is COc1ccc2nc(C)c(C(=O)N(C)C(C)c3ccc(-n4cncn4)cc3)cc2c1. The van der Waals surface area contributed by atoms with Crippen molar-refractivity contribution in [1.82, 2.24) is 24.6 Å². The zero-order valence-electron chi connectivity index (χ0n) is 17.4. The average molecular weight is 401 g/mol. The minimum absolute atomic E-state index is 0.0717. The summed E-state index contributed by atoms with van der Waals surface area (Å²) in [5, 5.41) is 5.01. The van der Waals surface area contributed by atoms with E-state index in [1.807, 2.05) is 69.4 Å². The van der Waals surface area contributed by atoms with Crippen LogP contribution in [-0.4, -0.2) is 44.7 Å². The molecule has 0 spiro atoms. The van der Waals surface area contributed by atoms with Gasteiger partial charge in [-0.15, -0.1) is 0 Å². The van der Waals surface area contributed by atoms with Crippen molar-refractivity contribution in [2.24, 2.45) is 0 Å². The Hall–Kier alpha value is -3.74. The number of carbonyl (C=O) groups excluding carboxylic acids is 1. The molecule has 0 N–H and O–H groups in total. The van der Waals surface area contributed by atoms with E-state index in [1.165, 1.54) is 6.33 Å². The van der Waals surface area contributed by atoms with E-state index in [0.717, 1.165) is 27.9 Å². The fourth-order valence-electron chi connectivity index (χ4n) is 3.43. The van der Waals surface area contributed by atoms with Gasteiger partial charge >= 0.3 is 0 Å². The van der Waals surface area contributed by atoms with E-state index in [-0.39, 0.29) is 11.9 Å². The number of aromatic nitrogens is 4. The van der Waals surface area contributed by atoms with Gasteiger partial charge in [0.1, 0.15) is 18.4 Å². The van der Waals surface area contributed by atoms with Crippen molar-refractivity contribution in [3.05, 3.63) is 78.0 Å². The smallest absolute Gasteiger partial charge is 0.255 e. The molecular weight excluding hydrogens is 378 g/mol. The molecule has 0 bridgehead atoms. The Balaban J connectivity index is 1.60. The van der Waals surface area contributed by atoms with Crippen molar-refractivity contribution in [2.45, 2.75) is 19.9 Å². The normalized spacial score (nSPS) is 12.0. The lowest BCUT2D eigenvalue weighted by atomic mass is 10.0. The number of ether oxygens (including phenoxy) is 1. The Morgan fingerprint density at radius 1 is 1.13 bits per heavy atom. The summed E-state index contributed by atoms with van der Waals surface area (Å²) in [6.07, 6.45) is 3.15. The average Bonchev–Trinajstić information content (AvgIpc) is 3.32. The first-order chi connectivity index (χ1) is 14.5. The number of methoxy groups -OCH3 is 1. The van der Waals surface area contributed by atoms with Crippen molar-refractivity contribution < 1.29 is 9.53 Å². The molecule has 152 valence electrons. The largest absolute Gasteiger partial charge is 0.497 e. The summed E-state index contributed by atoms with van der Waals surface area (Å²) < 4.78 is 7.00. The van der Waals surface area contributed by atoms with E-state index in [1.54, 1.807) is 23.0 Å². The zero-order chi connectivity index (χ0) is 21.3. The van der Waals surface area contributed by atoms with Gasteiger partial charge in [-0.05, 0) is 55.8 Å². The van der Waals surface area contributed by atoms with Crippen LogP contribution in [0.15, 0.2) is 61.2 Å². The van der Waals surface area contributed by atoms with Crippen molar-refractivity contribution in [3.63, 3.8) is 0 Å². The molecule has 0 radical (unpaired) electrons. The van der Waals surface area contributed by atoms with E-state index < -0.39 is 0 Å². The molecule has 1 unspecified atom stereocenters. The van der Waals surface area contributed by atoms with Gasteiger partial charge in [-0.25, -0.2) is 9.67 Å². The Morgan fingerprint density at radius 3 is 2.57 bits per heavy atom. The molecule has 1 amide bonds. The number of hydrogen-bond donors (Lipinski definition) is 0. The fraction of sp³-hybridized carbons (Fsp3) is 0.217. The predicted octanol–water partition coefficient (Wildman–Crippen LogP) is 3.97. The van der Waals surface area contributed by atoms with Crippen molar-refractivity contribution in [1.29, 1.82) is 0 Å². The van der Waals surface area contributed by atoms with Crippen LogP contribution in [0, 0.1) is 6.92 Å². The van der Waals surface area contributed by atoms with Gasteiger partial charge in [0.25, 0.3) is 5.91 Å². The van der Waals surface area contributed by atoms with Gasteiger partial charge in [0.15, 0.2) is 0 Å². The first kappa shape index (κ1) is 19.6. The van der Waals surface area contributed by atoms with Crippen LogP contribution in [0.4, 0.5) is 0 Å². The minimum atomic E-state index is -0.109. The standard InChI is InChI=1S/C23H23N5O2/c1-15-21(12-18-11-20(30-4)9-10-22(18)26-15)23(29)27(3)16(2)17-5-7-19(8-6-17)28-14-24-13-25-28/h5-14,16H,1-4H3. The van der Waals surface area contributed by atoms with E-state index >= 15 is 0 Å². The maximum atomic E-state index is 13.3. The second kappa shape index (κ2) is 7.94. The molecule has 2 aromatic heterocycles. The van der Waals surface area contributed by atoms with E-state index in [0.29, 0.717) is 11.3 Å². The maximum absolute atomic E-state index is 13.3. The molecule has 7 heteroatoms. The first-order valence-electron chi connectivity index (χ1n) is 9.65. The molecule has 0 saturated heterocycles. The number of pyridine rings is 1. The van der Waals surface area contributed by atoms with Crippen molar-refractivity contribution in [3.8, 4) is 11.4 Å². The molecule has 0 aliphatic carbocycles. The number of benzene rings is 2. The van der Waals surface area contributed by atoms with Crippen LogP contribution >= 0.6 is 0 Å². The molecule has 4 aromatic rings. The lowest BCUT2D eigenvalue weighted by molar-refractivity contribution is 0.0741. The molecular formula is C23H23N5O2. The number of nitrogens with zero attached hydrogens (tertiary/aromatic N) is 5. The third-order valence-corrected chi connectivity index (χ3v) is 5.40. The summed E-state index contributed by atoms with van der Waals surface area (Å²) in [5.41, 5.74) is 4.08. The summed E-state index contributed by atoms with van der Waals surface area (Å²) in [4.78, 5) is 23.6. The Morgan fingerprint density at radius 2 is 1.90 bits per heavy atom. The molecule has 2 heterocycles. The number of carbonyl (C=O) groups is 1. The minimum Gasteiger partial charge on any atom is -0.497 e. The Bertz CT molecular complexity index is 1190. The fourth-order valence-corrected chi connectivity index (χ4v) is 3.43. The number of fused-ring (bicyclic) bond motifs is 1. The predicted molar refractivity (Wildman–Crippen MR) is 115 cm³/mol. The summed E-state index contributed by atoms with van der Waals surface area (Å²) in [7, 11) is 3.44. The van der Waals surface area contributed by atoms with Crippen LogP contribution in [0.2, 0.25) is 0 Å². The summed E-state index contributed by atoms with van der Waals surface area (Å²) in [6.45, 7) is 3.87.